The minimum atomic E-state index is -0.407. The Morgan fingerprint density at radius 1 is 0.907 bits per heavy atom. The van der Waals surface area contributed by atoms with Gasteiger partial charge in [0.05, 0.1) is 23.9 Å². The molecule has 0 amide bonds. The van der Waals surface area contributed by atoms with E-state index in [-0.39, 0.29) is 17.1 Å². The quantitative estimate of drug-likeness (QED) is 0.162. The first kappa shape index (κ1) is 27.8. The van der Waals surface area contributed by atoms with E-state index in [2.05, 4.69) is 15.3 Å². The first-order chi connectivity index (χ1) is 20.9. The van der Waals surface area contributed by atoms with E-state index < -0.39 is 4.94 Å². The number of fused-ring (bicyclic) bond motifs is 2. The molecular formula is C31H23N3O8S. The number of benzene rings is 3. The van der Waals surface area contributed by atoms with Crippen molar-refractivity contribution in [2.45, 2.75) is 0 Å². The number of hydrogen-bond acceptors (Lipinski definition) is 12. The van der Waals surface area contributed by atoms with Gasteiger partial charge in [-0.05, 0) is 54.6 Å². The van der Waals surface area contributed by atoms with Crippen LogP contribution >= 0.6 is 11.3 Å². The zero-order chi connectivity index (χ0) is 29.9. The van der Waals surface area contributed by atoms with E-state index in [1.807, 2.05) is 0 Å². The predicted molar refractivity (Wildman–Crippen MR) is 161 cm³/mol. The van der Waals surface area contributed by atoms with E-state index in [0.717, 1.165) is 11.3 Å². The molecule has 43 heavy (non-hydrogen) atoms. The first-order valence-corrected chi connectivity index (χ1v) is 13.8. The molecule has 0 radical (unpaired) electrons. The molecule has 0 aliphatic heterocycles. The highest BCUT2D eigenvalue weighted by Crippen LogP contribution is 2.38. The van der Waals surface area contributed by atoms with Gasteiger partial charge in [0.15, 0.2) is 28.6 Å². The molecule has 1 aliphatic rings. The van der Waals surface area contributed by atoms with Crippen molar-refractivity contribution in [1.29, 1.82) is 0 Å². The maximum atomic E-state index is 12.9. The summed E-state index contributed by atoms with van der Waals surface area (Å²) in [4.78, 5) is 45.2. The normalized spacial score (nSPS) is 12.9. The van der Waals surface area contributed by atoms with Crippen LogP contribution in [-0.2, 0) is 14.3 Å². The summed E-state index contributed by atoms with van der Waals surface area (Å²) in [5.41, 5.74) is 2.10. The predicted octanol–water partition coefficient (Wildman–Crippen LogP) is 5.46. The Hall–Kier alpha value is -5.33. The Kier molecular flexibility index (Phi) is 7.69. The van der Waals surface area contributed by atoms with Crippen LogP contribution in [0, 0.1) is 0 Å². The lowest BCUT2D eigenvalue weighted by atomic mass is 9.94. The van der Waals surface area contributed by atoms with E-state index in [4.69, 9.17) is 23.4 Å². The van der Waals surface area contributed by atoms with Crippen molar-refractivity contribution in [2.75, 3.05) is 32.8 Å². The number of ketones is 2. The maximum Gasteiger partial charge on any atom is 0.396 e. The summed E-state index contributed by atoms with van der Waals surface area (Å²) in [6.07, 6.45) is 5.14. The summed E-state index contributed by atoms with van der Waals surface area (Å²) in [6, 6.07) is 13.6. The number of aromatic nitrogens is 2. The number of nitrogens with one attached hydrogen (secondary N) is 1. The zero-order valence-corrected chi connectivity index (χ0v) is 23.7. The fourth-order valence-electron chi connectivity index (χ4n) is 4.49. The lowest BCUT2D eigenvalue weighted by Gasteiger charge is -2.17. The number of methoxy groups -OCH3 is 2. The van der Waals surface area contributed by atoms with Crippen molar-refractivity contribution in [3.05, 3.63) is 88.4 Å². The Labute approximate surface area is 248 Å². The van der Waals surface area contributed by atoms with E-state index in [1.54, 1.807) is 55.6 Å². The van der Waals surface area contributed by atoms with E-state index >= 15 is 0 Å². The Bertz CT molecular complexity index is 2010. The van der Waals surface area contributed by atoms with Gasteiger partial charge in [0.25, 0.3) is 0 Å². The second kappa shape index (κ2) is 11.9. The van der Waals surface area contributed by atoms with Gasteiger partial charge in [-0.2, -0.15) is 0 Å². The van der Waals surface area contributed by atoms with E-state index in [9.17, 15) is 14.4 Å². The molecular weight excluding hydrogens is 574 g/mol. The molecule has 6 rings (SSSR count). The van der Waals surface area contributed by atoms with Gasteiger partial charge in [-0.1, -0.05) is 11.3 Å². The second-order valence-electron chi connectivity index (χ2n) is 9.24. The third kappa shape index (κ3) is 5.87. The highest BCUT2D eigenvalue weighted by atomic mass is 32.1. The zero-order valence-electron chi connectivity index (χ0n) is 22.9. The molecule has 0 spiro atoms. The van der Waals surface area contributed by atoms with Crippen LogP contribution < -0.4 is 24.5 Å². The smallest absolute Gasteiger partial charge is 0.396 e. The number of rotatable bonds is 10. The molecule has 216 valence electrons. The molecule has 0 saturated heterocycles. The van der Waals surface area contributed by atoms with Crippen LogP contribution in [0.25, 0.3) is 26.8 Å². The van der Waals surface area contributed by atoms with Gasteiger partial charge in [-0.15, -0.1) is 0 Å². The molecule has 0 saturated carbocycles. The molecule has 1 aliphatic carbocycles. The van der Waals surface area contributed by atoms with Gasteiger partial charge in [0.1, 0.15) is 30.3 Å². The Morgan fingerprint density at radius 3 is 2.58 bits per heavy atom. The van der Waals surface area contributed by atoms with E-state index in [1.165, 1.54) is 31.7 Å². The van der Waals surface area contributed by atoms with Crippen LogP contribution in [0.3, 0.4) is 0 Å². The van der Waals surface area contributed by atoms with Crippen LogP contribution in [0.2, 0.25) is 0 Å². The largest absolute Gasteiger partial charge is 0.493 e. The van der Waals surface area contributed by atoms with Gasteiger partial charge in [-0.25, -0.2) is 14.8 Å². The number of carbonyl (C=O) groups excluding carboxylic acids is 2. The topological polar surface area (TPSA) is 139 Å². The third-order valence-corrected chi connectivity index (χ3v) is 7.30. The summed E-state index contributed by atoms with van der Waals surface area (Å²) in [5, 5.41) is 3.92. The van der Waals surface area contributed by atoms with Gasteiger partial charge in [-0.3, -0.25) is 9.59 Å². The van der Waals surface area contributed by atoms with Gasteiger partial charge in [0.2, 0.25) is 0 Å². The highest BCUT2D eigenvalue weighted by Gasteiger charge is 2.21. The Balaban J connectivity index is 1.39. The van der Waals surface area contributed by atoms with Crippen LogP contribution in [0.1, 0.15) is 5.56 Å². The second-order valence-corrected chi connectivity index (χ2v) is 10.2. The molecule has 3 aromatic carbocycles. The number of carbonyl (C=O) groups is 2. The lowest BCUT2D eigenvalue weighted by Crippen LogP contribution is -2.09. The summed E-state index contributed by atoms with van der Waals surface area (Å²) in [5.74, 6) is 1.58. The molecule has 5 aromatic rings. The third-order valence-electron chi connectivity index (χ3n) is 6.49. The van der Waals surface area contributed by atoms with Crippen molar-refractivity contribution in [2.24, 2.45) is 0 Å². The first-order valence-electron chi connectivity index (χ1n) is 13.0. The number of ether oxygens (including phenoxy) is 4. The molecule has 0 fully saturated rings. The summed E-state index contributed by atoms with van der Waals surface area (Å²) in [6.45, 7) is 0.740. The average molecular weight is 598 g/mol. The van der Waals surface area contributed by atoms with Crippen molar-refractivity contribution in [3.63, 3.8) is 0 Å². The van der Waals surface area contributed by atoms with Gasteiger partial charge in [0, 0.05) is 41.5 Å². The molecule has 12 heteroatoms. The molecule has 2 aromatic heterocycles. The van der Waals surface area contributed by atoms with E-state index in [0.29, 0.717) is 74.5 Å². The molecule has 2 heterocycles. The lowest BCUT2D eigenvalue weighted by molar-refractivity contribution is -0.113. The monoisotopic (exact) mass is 597 g/mol. The summed E-state index contributed by atoms with van der Waals surface area (Å²) in [7, 11) is 3.13. The SMILES string of the molecule is COCCOc1cc2ncnc(Nc3ccc(Oc4ccc5sc(=O)oc5c4)cc3C3=CC(=O)C=CC3=O)c2cc1OC. The van der Waals surface area contributed by atoms with Crippen LogP contribution in [-0.4, -0.2) is 49.0 Å². The molecule has 0 atom stereocenters. The maximum absolute atomic E-state index is 12.9. The number of allylic oxidation sites excluding steroid dienone is 4. The minimum absolute atomic E-state index is 0.185. The Morgan fingerprint density at radius 2 is 1.74 bits per heavy atom. The molecule has 1 N–H and O–H groups in total. The van der Waals surface area contributed by atoms with Crippen LogP contribution in [0.5, 0.6) is 23.0 Å². The number of hydrogen-bond donors (Lipinski definition) is 1. The molecule has 11 nitrogen and oxygen atoms in total. The highest BCUT2D eigenvalue weighted by molar-refractivity contribution is 7.16. The molecule has 0 unspecified atom stereocenters. The van der Waals surface area contributed by atoms with Crippen molar-refractivity contribution < 1.29 is 33.0 Å². The fraction of sp³-hybridized carbons (Fsp3) is 0.129. The van der Waals surface area contributed by atoms with Crippen molar-refractivity contribution in [1.82, 2.24) is 9.97 Å². The van der Waals surface area contributed by atoms with Crippen molar-refractivity contribution >= 4 is 61.2 Å². The standard InChI is InChI=1S/C31H23N3O8S/c1-38-9-10-40-27-15-24-22(14-26(27)39-2)30(33-16-32-24)34-23-6-4-18(12-20(23)21-11-17(35)3-7-25(21)36)41-19-5-8-29-28(13-19)42-31(37)43-29/h3-8,11-16H,9-10H2,1-2H3,(H,32,33,34). The number of anilines is 2. The van der Waals surface area contributed by atoms with Gasteiger partial charge >= 0.3 is 4.94 Å². The number of nitrogens with zero attached hydrogens (tertiary/aromatic N) is 2. The van der Waals surface area contributed by atoms with Gasteiger partial charge < -0.3 is 28.7 Å². The minimum Gasteiger partial charge on any atom is -0.493 e. The summed E-state index contributed by atoms with van der Waals surface area (Å²) < 4.78 is 28.4. The van der Waals surface area contributed by atoms with Crippen molar-refractivity contribution in [3.8, 4) is 23.0 Å². The molecule has 0 bridgehead atoms. The average Bonchev–Trinajstić information content (AvgIpc) is 3.38. The summed E-state index contributed by atoms with van der Waals surface area (Å²) >= 11 is 1.000. The van der Waals surface area contributed by atoms with Crippen LogP contribution in [0.4, 0.5) is 11.5 Å². The van der Waals surface area contributed by atoms with Crippen LogP contribution in [0.15, 0.2) is 82.3 Å². The fourth-order valence-corrected chi connectivity index (χ4v) is 5.14.